The van der Waals surface area contributed by atoms with Crippen LogP contribution in [0, 0.1) is 0 Å². The van der Waals surface area contributed by atoms with Crippen LogP contribution in [0.3, 0.4) is 0 Å². The van der Waals surface area contributed by atoms with Gasteiger partial charge in [0.2, 0.25) is 0 Å². The predicted molar refractivity (Wildman–Crippen MR) is 62.3 cm³/mol. The van der Waals surface area contributed by atoms with Gasteiger partial charge in [0.25, 0.3) is 0 Å². The normalized spacial score (nSPS) is 14.4. The van der Waals surface area contributed by atoms with E-state index >= 15 is 0 Å². The lowest BCUT2D eigenvalue weighted by Gasteiger charge is -2.19. The molecule has 0 aliphatic heterocycles. The molecule has 2 unspecified atom stereocenters. The molecular formula is C12H14N4. The first-order chi connectivity index (χ1) is 7.79. The zero-order valence-electron chi connectivity index (χ0n) is 8.82. The molecule has 2 rings (SSSR count). The van der Waals surface area contributed by atoms with Crippen LogP contribution in [0.4, 0.5) is 0 Å². The molecule has 0 aliphatic rings. The second-order valence-electron chi connectivity index (χ2n) is 3.62. The SMILES string of the molecule is NC(c1cccnc1)C(N)c1cccnc1. The van der Waals surface area contributed by atoms with Crippen LogP contribution in [0.25, 0.3) is 0 Å². The maximum absolute atomic E-state index is 6.08. The van der Waals surface area contributed by atoms with Crippen molar-refractivity contribution in [1.82, 2.24) is 9.97 Å². The summed E-state index contributed by atoms with van der Waals surface area (Å²) in [5.41, 5.74) is 14.0. The molecule has 0 spiro atoms. The van der Waals surface area contributed by atoms with Crippen molar-refractivity contribution < 1.29 is 0 Å². The molecule has 0 amide bonds. The van der Waals surface area contributed by atoms with Crippen LogP contribution in [0.15, 0.2) is 49.1 Å². The van der Waals surface area contributed by atoms with E-state index in [-0.39, 0.29) is 12.1 Å². The summed E-state index contributed by atoms with van der Waals surface area (Å²) >= 11 is 0. The highest BCUT2D eigenvalue weighted by Crippen LogP contribution is 2.22. The van der Waals surface area contributed by atoms with E-state index in [1.165, 1.54) is 0 Å². The summed E-state index contributed by atoms with van der Waals surface area (Å²) in [5, 5.41) is 0. The fraction of sp³-hybridized carbons (Fsp3) is 0.167. The summed E-state index contributed by atoms with van der Waals surface area (Å²) in [6.45, 7) is 0. The predicted octanol–water partition coefficient (Wildman–Crippen LogP) is 1.18. The highest BCUT2D eigenvalue weighted by atomic mass is 14.8. The Balaban J connectivity index is 2.20. The van der Waals surface area contributed by atoms with Gasteiger partial charge >= 0.3 is 0 Å². The van der Waals surface area contributed by atoms with Gasteiger partial charge in [-0.2, -0.15) is 0 Å². The third-order valence-electron chi connectivity index (χ3n) is 2.53. The highest BCUT2D eigenvalue weighted by Gasteiger charge is 2.17. The fourth-order valence-corrected chi connectivity index (χ4v) is 1.56. The van der Waals surface area contributed by atoms with Gasteiger partial charge in [-0.15, -0.1) is 0 Å². The van der Waals surface area contributed by atoms with E-state index in [1.54, 1.807) is 24.8 Å². The second-order valence-corrected chi connectivity index (χ2v) is 3.62. The van der Waals surface area contributed by atoms with Crippen molar-refractivity contribution in [3.8, 4) is 0 Å². The molecule has 0 saturated carbocycles. The zero-order valence-corrected chi connectivity index (χ0v) is 8.82. The van der Waals surface area contributed by atoms with Crippen LogP contribution in [-0.2, 0) is 0 Å². The Labute approximate surface area is 94.3 Å². The molecule has 4 nitrogen and oxygen atoms in total. The third-order valence-corrected chi connectivity index (χ3v) is 2.53. The lowest BCUT2D eigenvalue weighted by Crippen LogP contribution is -2.26. The highest BCUT2D eigenvalue weighted by molar-refractivity contribution is 5.22. The van der Waals surface area contributed by atoms with Gasteiger partial charge in [-0.3, -0.25) is 9.97 Å². The molecule has 0 fully saturated rings. The molecule has 2 aromatic heterocycles. The van der Waals surface area contributed by atoms with Gasteiger partial charge in [0.05, 0.1) is 12.1 Å². The van der Waals surface area contributed by atoms with Crippen molar-refractivity contribution in [1.29, 1.82) is 0 Å². The molecule has 0 aliphatic carbocycles. The van der Waals surface area contributed by atoms with Crippen LogP contribution in [0.2, 0.25) is 0 Å². The Hall–Kier alpha value is -1.78. The Kier molecular flexibility index (Phi) is 3.24. The number of nitrogens with zero attached hydrogens (tertiary/aromatic N) is 2. The summed E-state index contributed by atoms with van der Waals surface area (Å²) < 4.78 is 0. The van der Waals surface area contributed by atoms with E-state index in [9.17, 15) is 0 Å². The van der Waals surface area contributed by atoms with Gasteiger partial charge < -0.3 is 11.5 Å². The largest absolute Gasteiger partial charge is 0.322 e. The average molecular weight is 214 g/mol. The number of aromatic nitrogens is 2. The minimum absolute atomic E-state index is 0.266. The van der Waals surface area contributed by atoms with Crippen LogP contribution in [0.1, 0.15) is 23.2 Å². The van der Waals surface area contributed by atoms with Gasteiger partial charge in [0, 0.05) is 24.8 Å². The summed E-state index contributed by atoms with van der Waals surface area (Å²) in [6, 6.07) is 7.02. The molecule has 2 aromatic rings. The van der Waals surface area contributed by atoms with Crippen LogP contribution < -0.4 is 11.5 Å². The van der Waals surface area contributed by atoms with E-state index < -0.39 is 0 Å². The molecule has 0 radical (unpaired) electrons. The van der Waals surface area contributed by atoms with Crippen molar-refractivity contribution in [3.05, 3.63) is 60.2 Å². The van der Waals surface area contributed by atoms with Gasteiger partial charge in [0.15, 0.2) is 0 Å². The molecule has 2 atom stereocenters. The molecule has 16 heavy (non-hydrogen) atoms. The molecule has 0 aromatic carbocycles. The lowest BCUT2D eigenvalue weighted by atomic mass is 9.97. The molecule has 0 bridgehead atoms. The third kappa shape index (κ3) is 2.24. The summed E-state index contributed by atoms with van der Waals surface area (Å²) in [5.74, 6) is 0. The number of hydrogen-bond acceptors (Lipinski definition) is 4. The first-order valence-corrected chi connectivity index (χ1v) is 5.10. The summed E-state index contributed by atoms with van der Waals surface area (Å²) in [4.78, 5) is 8.06. The Morgan fingerprint density at radius 3 is 1.56 bits per heavy atom. The average Bonchev–Trinajstić information content (AvgIpc) is 2.39. The van der Waals surface area contributed by atoms with Crippen molar-refractivity contribution >= 4 is 0 Å². The molecule has 4 heteroatoms. The zero-order chi connectivity index (χ0) is 11.4. The smallest absolute Gasteiger partial charge is 0.0507 e. The van der Waals surface area contributed by atoms with Crippen LogP contribution in [0.5, 0.6) is 0 Å². The van der Waals surface area contributed by atoms with E-state index in [4.69, 9.17) is 11.5 Å². The standard InChI is InChI=1S/C12H14N4/c13-11(9-3-1-5-15-7-9)12(14)10-4-2-6-16-8-10/h1-8,11-12H,13-14H2. The van der Waals surface area contributed by atoms with Crippen LogP contribution >= 0.6 is 0 Å². The van der Waals surface area contributed by atoms with Gasteiger partial charge in [-0.05, 0) is 23.3 Å². The molecule has 0 saturated heterocycles. The monoisotopic (exact) mass is 214 g/mol. The second kappa shape index (κ2) is 4.83. The van der Waals surface area contributed by atoms with E-state index in [0.717, 1.165) is 11.1 Å². The quantitative estimate of drug-likeness (QED) is 0.804. The van der Waals surface area contributed by atoms with Gasteiger partial charge in [-0.1, -0.05) is 12.1 Å². The lowest BCUT2D eigenvalue weighted by molar-refractivity contribution is 0.571. The Morgan fingerprint density at radius 2 is 1.25 bits per heavy atom. The van der Waals surface area contributed by atoms with Crippen molar-refractivity contribution in [2.24, 2.45) is 11.5 Å². The van der Waals surface area contributed by atoms with Gasteiger partial charge in [-0.25, -0.2) is 0 Å². The number of nitrogens with two attached hydrogens (primary N) is 2. The number of rotatable bonds is 3. The molecular weight excluding hydrogens is 200 g/mol. The van der Waals surface area contributed by atoms with E-state index in [0.29, 0.717) is 0 Å². The molecule has 82 valence electrons. The maximum atomic E-state index is 6.08. The van der Waals surface area contributed by atoms with Crippen molar-refractivity contribution in [2.45, 2.75) is 12.1 Å². The number of hydrogen-bond donors (Lipinski definition) is 2. The Morgan fingerprint density at radius 1 is 0.812 bits per heavy atom. The van der Waals surface area contributed by atoms with E-state index in [1.807, 2.05) is 24.3 Å². The minimum Gasteiger partial charge on any atom is -0.322 e. The molecule has 2 heterocycles. The first kappa shape index (κ1) is 10.7. The van der Waals surface area contributed by atoms with Crippen molar-refractivity contribution in [3.63, 3.8) is 0 Å². The topological polar surface area (TPSA) is 77.8 Å². The first-order valence-electron chi connectivity index (χ1n) is 5.10. The van der Waals surface area contributed by atoms with Gasteiger partial charge in [0.1, 0.15) is 0 Å². The fourth-order valence-electron chi connectivity index (χ4n) is 1.56. The van der Waals surface area contributed by atoms with Crippen LogP contribution in [-0.4, -0.2) is 9.97 Å². The van der Waals surface area contributed by atoms with Crippen molar-refractivity contribution in [2.75, 3.05) is 0 Å². The maximum Gasteiger partial charge on any atom is 0.0507 e. The number of pyridine rings is 2. The Bertz CT molecular complexity index is 386. The minimum atomic E-state index is -0.266. The van der Waals surface area contributed by atoms with E-state index in [2.05, 4.69) is 9.97 Å². The molecule has 4 N–H and O–H groups in total. The summed E-state index contributed by atoms with van der Waals surface area (Å²) in [6.07, 6.45) is 6.90. The summed E-state index contributed by atoms with van der Waals surface area (Å²) in [7, 11) is 0.